The van der Waals surface area contributed by atoms with Crippen molar-refractivity contribution in [3.63, 3.8) is 0 Å². The SMILES string of the molecule is OCc1cn(N2CCCCC2)cn1. The van der Waals surface area contributed by atoms with Crippen LogP contribution in [0.5, 0.6) is 0 Å². The molecule has 1 aromatic rings. The maximum absolute atomic E-state index is 8.85. The summed E-state index contributed by atoms with van der Waals surface area (Å²) >= 11 is 0. The third-order valence-corrected chi connectivity index (χ3v) is 2.44. The normalized spacial score (nSPS) is 17.8. The molecule has 2 heterocycles. The molecule has 0 spiro atoms. The number of aromatic nitrogens is 2. The van der Waals surface area contributed by atoms with E-state index in [0.29, 0.717) is 0 Å². The zero-order valence-electron chi connectivity index (χ0n) is 7.69. The highest BCUT2D eigenvalue weighted by Crippen LogP contribution is 2.08. The molecule has 0 aliphatic carbocycles. The van der Waals surface area contributed by atoms with Gasteiger partial charge in [-0.3, -0.25) is 4.68 Å². The lowest BCUT2D eigenvalue weighted by molar-refractivity contribution is 0.277. The third-order valence-electron chi connectivity index (χ3n) is 2.44. The number of rotatable bonds is 2. The summed E-state index contributed by atoms with van der Waals surface area (Å²) in [6, 6.07) is 0. The summed E-state index contributed by atoms with van der Waals surface area (Å²) < 4.78 is 1.99. The Morgan fingerprint density at radius 2 is 2.08 bits per heavy atom. The van der Waals surface area contributed by atoms with Crippen LogP contribution in [0, 0.1) is 0 Å². The number of aliphatic hydroxyl groups is 1. The monoisotopic (exact) mass is 181 g/mol. The molecule has 2 rings (SSSR count). The van der Waals surface area contributed by atoms with Crippen molar-refractivity contribution in [3.8, 4) is 0 Å². The van der Waals surface area contributed by atoms with Gasteiger partial charge < -0.3 is 10.1 Å². The molecule has 72 valence electrons. The van der Waals surface area contributed by atoms with Gasteiger partial charge in [0, 0.05) is 13.1 Å². The highest BCUT2D eigenvalue weighted by molar-refractivity contribution is 5.00. The number of nitrogens with zero attached hydrogens (tertiary/aromatic N) is 3. The number of piperidine rings is 1. The first-order valence-electron chi connectivity index (χ1n) is 4.79. The molecular formula is C9H15N3O. The van der Waals surface area contributed by atoms with Crippen molar-refractivity contribution >= 4 is 0 Å². The summed E-state index contributed by atoms with van der Waals surface area (Å²) in [5.41, 5.74) is 0.741. The summed E-state index contributed by atoms with van der Waals surface area (Å²) in [5, 5.41) is 11.1. The van der Waals surface area contributed by atoms with E-state index in [-0.39, 0.29) is 6.61 Å². The smallest absolute Gasteiger partial charge is 0.115 e. The van der Waals surface area contributed by atoms with Crippen LogP contribution in [0.1, 0.15) is 25.0 Å². The Morgan fingerprint density at radius 3 is 2.69 bits per heavy atom. The van der Waals surface area contributed by atoms with Crippen molar-refractivity contribution in [2.75, 3.05) is 18.1 Å². The minimum Gasteiger partial charge on any atom is -0.390 e. The van der Waals surface area contributed by atoms with E-state index in [1.54, 1.807) is 6.33 Å². The Hall–Kier alpha value is -1.03. The van der Waals surface area contributed by atoms with Crippen LogP contribution in [-0.2, 0) is 6.61 Å². The average Bonchev–Trinajstić information content (AvgIpc) is 2.67. The van der Waals surface area contributed by atoms with Gasteiger partial charge in [-0.2, -0.15) is 0 Å². The molecular weight excluding hydrogens is 166 g/mol. The molecule has 0 amide bonds. The van der Waals surface area contributed by atoms with Crippen molar-refractivity contribution in [2.24, 2.45) is 0 Å². The summed E-state index contributed by atoms with van der Waals surface area (Å²) in [7, 11) is 0. The number of aliphatic hydroxyl groups excluding tert-OH is 1. The highest BCUT2D eigenvalue weighted by Gasteiger charge is 2.10. The zero-order valence-corrected chi connectivity index (χ0v) is 7.69. The Balaban J connectivity index is 2.05. The van der Waals surface area contributed by atoms with Crippen LogP contribution < -0.4 is 5.01 Å². The second kappa shape index (κ2) is 3.79. The van der Waals surface area contributed by atoms with Crippen LogP contribution in [0.25, 0.3) is 0 Å². The molecule has 4 nitrogen and oxygen atoms in total. The van der Waals surface area contributed by atoms with E-state index in [0.717, 1.165) is 18.8 Å². The molecule has 0 bridgehead atoms. The molecule has 0 saturated carbocycles. The third kappa shape index (κ3) is 1.83. The van der Waals surface area contributed by atoms with Gasteiger partial charge in [0.25, 0.3) is 0 Å². The molecule has 13 heavy (non-hydrogen) atoms. The van der Waals surface area contributed by atoms with Crippen LogP contribution in [0.15, 0.2) is 12.5 Å². The summed E-state index contributed by atoms with van der Waals surface area (Å²) in [6.07, 6.45) is 7.51. The molecule has 1 saturated heterocycles. The molecule has 4 heteroatoms. The van der Waals surface area contributed by atoms with Crippen molar-refractivity contribution in [3.05, 3.63) is 18.2 Å². The van der Waals surface area contributed by atoms with Crippen molar-refractivity contribution in [2.45, 2.75) is 25.9 Å². The maximum Gasteiger partial charge on any atom is 0.115 e. The number of imidazole rings is 1. The molecule has 1 aromatic heterocycles. The standard InChI is InChI=1S/C9H15N3O/c13-7-9-6-12(8-10-9)11-4-2-1-3-5-11/h6,8,13H,1-5,7H2. The predicted octanol–water partition coefficient (Wildman–Crippen LogP) is 0.497. The van der Waals surface area contributed by atoms with Crippen LogP contribution in [0.2, 0.25) is 0 Å². The fourth-order valence-electron chi connectivity index (χ4n) is 1.70. The van der Waals surface area contributed by atoms with Gasteiger partial charge in [-0.1, -0.05) is 0 Å². The lowest BCUT2D eigenvalue weighted by Crippen LogP contribution is -2.38. The quantitative estimate of drug-likeness (QED) is 0.722. The van der Waals surface area contributed by atoms with Gasteiger partial charge in [0.2, 0.25) is 0 Å². The number of hydrogen-bond acceptors (Lipinski definition) is 3. The topological polar surface area (TPSA) is 41.3 Å². The maximum atomic E-state index is 8.85. The Morgan fingerprint density at radius 1 is 1.31 bits per heavy atom. The van der Waals surface area contributed by atoms with Crippen molar-refractivity contribution in [1.29, 1.82) is 0 Å². The van der Waals surface area contributed by atoms with E-state index in [1.165, 1.54) is 19.3 Å². The molecule has 0 atom stereocenters. The van der Waals surface area contributed by atoms with E-state index in [1.807, 2.05) is 10.9 Å². The van der Waals surface area contributed by atoms with Gasteiger partial charge in [-0.15, -0.1) is 0 Å². The van der Waals surface area contributed by atoms with Gasteiger partial charge in [0.15, 0.2) is 0 Å². The van der Waals surface area contributed by atoms with Crippen molar-refractivity contribution < 1.29 is 5.11 Å². The number of hydrogen-bond donors (Lipinski definition) is 1. The minimum atomic E-state index is 0.0286. The lowest BCUT2D eigenvalue weighted by Gasteiger charge is -2.28. The fourth-order valence-corrected chi connectivity index (χ4v) is 1.70. The minimum absolute atomic E-state index is 0.0286. The van der Waals surface area contributed by atoms with Gasteiger partial charge in [0.1, 0.15) is 6.33 Å². The average molecular weight is 181 g/mol. The molecule has 0 radical (unpaired) electrons. The summed E-state index contributed by atoms with van der Waals surface area (Å²) in [4.78, 5) is 4.08. The first-order valence-corrected chi connectivity index (χ1v) is 4.79. The summed E-state index contributed by atoms with van der Waals surface area (Å²) in [5.74, 6) is 0. The first kappa shape index (κ1) is 8.56. The van der Waals surface area contributed by atoms with Gasteiger partial charge in [-0.05, 0) is 19.3 Å². The molecule has 1 fully saturated rings. The van der Waals surface area contributed by atoms with Crippen LogP contribution in [-0.4, -0.2) is 27.9 Å². The fraction of sp³-hybridized carbons (Fsp3) is 0.667. The second-order valence-corrected chi connectivity index (χ2v) is 3.42. The summed E-state index contributed by atoms with van der Waals surface area (Å²) in [6.45, 7) is 2.23. The van der Waals surface area contributed by atoms with Crippen molar-refractivity contribution in [1.82, 2.24) is 9.66 Å². The van der Waals surface area contributed by atoms with Gasteiger partial charge >= 0.3 is 0 Å². The molecule has 0 aromatic carbocycles. The van der Waals surface area contributed by atoms with Gasteiger partial charge in [-0.25, -0.2) is 4.98 Å². The van der Waals surface area contributed by atoms with E-state index >= 15 is 0 Å². The predicted molar refractivity (Wildman–Crippen MR) is 50.0 cm³/mol. The van der Waals surface area contributed by atoms with E-state index in [2.05, 4.69) is 9.99 Å². The Bertz CT molecular complexity index is 266. The van der Waals surface area contributed by atoms with Crippen LogP contribution >= 0.6 is 0 Å². The van der Waals surface area contributed by atoms with Crippen LogP contribution in [0.4, 0.5) is 0 Å². The first-order chi connectivity index (χ1) is 6.40. The lowest BCUT2D eigenvalue weighted by atomic mass is 10.2. The van der Waals surface area contributed by atoms with Crippen LogP contribution in [0.3, 0.4) is 0 Å². The van der Waals surface area contributed by atoms with E-state index in [4.69, 9.17) is 5.11 Å². The van der Waals surface area contributed by atoms with E-state index in [9.17, 15) is 0 Å². The molecule has 1 aliphatic heterocycles. The second-order valence-electron chi connectivity index (χ2n) is 3.42. The van der Waals surface area contributed by atoms with Gasteiger partial charge in [0.05, 0.1) is 18.5 Å². The molecule has 1 N–H and O–H groups in total. The highest BCUT2D eigenvalue weighted by atomic mass is 16.3. The van der Waals surface area contributed by atoms with E-state index < -0.39 is 0 Å². The zero-order chi connectivity index (χ0) is 9.10. The molecule has 1 aliphatic rings. The molecule has 0 unspecified atom stereocenters. The Labute approximate surface area is 77.8 Å². The Kier molecular flexibility index (Phi) is 2.49. The largest absolute Gasteiger partial charge is 0.390 e.